The van der Waals surface area contributed by atoms with Gasteiger partial charge in [0.05, 0.1) is 17.6 Å². The van der Waals surface area contributed by atoms with E-state index in [0.29, 0.717) is 13.0 Å². The first-order valence-corrected chi connectivity index (χ1v) is 10.7. The molecule has 7 heteroatoms. The van der Waals surface area contributed by atoms with Crippen LogP contribution in [0.15, 0.2) is 29.4 Å². The Hall–Kier alpha value is -2.02. The van der Waals surface area contributed by atoms with Crippen molar-refractivity contribution in [1.82, 2.24) is 9.55 Å². The molecule has 0 radical (unpaired) electrons. The van der Waals surface area contributed by atoms with Gasteiger partial charge in [0.25, 0.3) is 0 Å². The van der Waals surface area contributed by atoms with Gasteiger partial charge in [-0.05, 0) is 37.3 Å². The normalized spacial score (nSPS) is 12.9. The summed E-state index contributed by atoms with van der Waals surface area (Å²) in [5.74, 6) is -0.179. The molecule has 0 bridgehead atoms. The average Bonchev–Trinajstić information content (AvgIpc) is 2.95. The summed E-state index contributed by atoms with van der Waals surface area (Å²) in [7, 11) is 0. The highest BCUT2D eigenvalue weighted by atomic mass is 32.2. The molecule has 1 unspecified atom stereocenters. The number of benzene rings is 1. The average molecular weight is 407 g/mol. The van der Waals surface area contributed by atoms with Gasteiger partial charge < -0.3 is 14.4 Å². The Morgan fingerprint density at radius 3 is 2.57 bits per heavy atom. The summed E-state index contributed by atoms with van der Waals surface area (Å²) in [6, 6.07) is 6.96. The summed E-state index contributed by atoms with van der Waals surface area (Å²) in [5, 5.41) is 10.6. The van der Waals surface area contributed by atoms with Gasteiger partial charge in [0.15, 0.2) is 5.16 Å². The lowest BCUT2D eigenvalue weighted by molar-refractivity contribution is -0.145. The number of hydrogen-bond acceptors (Lipinski definition) is 5. The highest BCUT2D eigenvalue weighted by Crippen LogP contribution is 2.37. The molecule has 0 saturated heterocycles. The molecule has 0 spiro atoms. The van der Waals surface area contributed by atoms with Crippen LogP contribution in [0.25, 0.3) is 11.0 Å². The molecule has 0 aliphatic carbocycles. The summed E-state index contributed by atoms with van der Waals surface area (Å²) in [4.78, 5) is 28.1. The lowest BCUT2D eigenvalue weighted by atomic mass is 9.86. The summed E-state index contributed by atoms with van der Waals surface area (Å²) in [6.45, 7) is 8.03. The van der Waals surface area contributed by atoms with E-state index in [2.05, 4.69) is 4.98 Å². The molecule has 0 aliphatic rings. The Kier molecular flexibility index (Phi) is 7.92. The minimum Gasteiger partial charge on any atom is -0.480 e. The van der Waals surface area contributed by atoms with Gasteiger partial charge in [-0.1, -0.05) is 51.1 Å². The van der Waals surface area contributed by atoms with Gasteiger partial charge in [-0.2, -0.15) is 0 Å². The number of carboxylic acid groups (broad SMARTS) is 1. The van der Waals surface area contributed by atoms with Crippen LogP contribution in [0.2, 0.25) is 0 Å². The van der Waals surface area contributed by atoms with Crippen LogP contribution in [0.3, 0.4) is 0 Å². The third-order valence-electron chi connectivity index (χ3n) is 4.44. The van der Waals surface area contributed by atoms with Crippen LogP contribution < -0.4 is 0 Å². The van der Waals surface area contributed by atoms with Crippen LogP contribution in [0.1, 0.15) is 59.4 Å². The number of para-hydroxylation sites is 2. The second-order valence-corrected chi connectivity index (χ2v) is 8.89. The fourth-order valence-corrected chi connectivity index (χ4v) is 4.22. The monoisotopic (exact) mass is 406 g/mol. The van der Waals surface area contributed by atoms with Gasteiger partial charge in [-0.3, -0.25) is 4.79 Å². The summed E-state index contributed by atoms with van der Waals surface area (Å²) >= 11 is 1.58. The number of thioether (sulfide) groups is 1. The zero-order chi connectivity index (χ0) is 20.7. The van der Waals surface area contributed by atoms with Gasteiger partial charge in [-0.15, -0.1) is 0 Å². The maximum absolute atomic E-state index is 12.1. The van der Waals surface area contributed by atoms with E-state index in [9.17, 15) is 14.7 Å². The molecule has 1 aromatic carbocycles. The van der Waals surface area contributed by atoms with Crippen molar-refractivity contribution >= 4 is 34.7 Å². The third-order valence-corrected chi connectivity index (χ3v) is 5.48. The smallest absolute Gasteiger partial charge is 0.327 e. The van der Waals surface area contributed by atoms with E-state index in [1.54, 1.807) is 11.8 Å². The zero-order valence-electron chi connectivity index (χ0n) is 17.1. The molecule has 0 saturated carbocycles. The van der Waals surface area contributed by atoms with Gasteiger partial charge in [0.2, 0.25) is 0 Å². The van der Waals surface area contributed by atoms with Crippen LogP contribution in [-0.2, 0) is 14.3 Å². The van der Waals surface area contributed by atoms with Gasteiger partial charge in [-0.25, -0.2) is 9.78 Å². The summed E-state index contributed by atoms with van der Waals surface area (Å²) < 4.78 is 6.80. The summed E-state index contributed by atoms with van der Waals surface area (Å²) in [5.41, 5.74) is 1.20. The molecule has 1 N–H and O–H groups in total. The number of aromatic nitrogens is 2. The number of aliphatic carboxylic acids is 1. The predicted octanol–water partition coefficient (Wildman–Crippen LogP) is 4.92. The Morgan fingerprint density at radius 1 is 1.21 bits per heavy atom. The first-order chi connectivity index (χ1) is 13.3. The molecule has 0 aliphatic heterocycles. The second-order valence-electron chi connectivity index (χ2n) is 7.82. The van der Waals surface area contributed by atoms with Crippen LogP contribution in [0.4, 0.5) is 0 Å². The van der Waals surface area contributed by atoms with E-state index < -0.39 is 17.4 Å². The van der Waals surface area contributed by atoms with Crippen molar-refractivity contribution in [1.29, 1.82) is 0 Å². The van der Waals surface area contributed by atoms with Gasteiger partial charge >= 0.3 is 11.9 Å². The van der Waals surface area contributed by atoms with Crippen molar-refractivity contribution in [2.45, 2.75) is 64.6 Å². The van der Waals surface area contributed by atoms with Crippen LogP contribution in [0, 0.1) is 5.41 Å². The first-order valence-electron chi connectivity index (χ1n) is 9.74. The van der Waals surface area contributed by atoms with Crippen LogP contribution in [0.5, 0.6) is 0 Å². The van der Waals surface area contributed by atoms with E-state index >= 15 is 0 Å². The van der Waals surface area contributed by atoms with E-state index in [-0.39, 0.29) is 5.97 Å². The Morgan fingerprint density at radius 2 is 1.93 bits per heavy atom. The van der Waals surface area contributed by atoms with Crippen molar-refractivity contribution < 1.29 is 19.4 Å². The maximum atomic E-state index is 12.1. The number of ether oxygens (including phenoxy) is 1. The number of imidazole rings is 1. The van der Waals surface area contributed by atoms with Gasteiger partial charge in [0.1, 0.15) is 6.04 Å². The molecule has 0 fully saturated rings. The van der Waals surface area contributed by atoms with Crippen molar-refractivity contribution in [3.8, 4) is 0 Å². The van der Waals surface area contributed by atoms with Crippen molar-refractivity contribution in [2.75, 3.05) is 12.4 Å². The molecule has 6 nitrogen and oxygen atoms in total. The molecular weight excluding hydrogens is 376 g/mol. The van der Waals surface area contributed by atoms with E-state index in [4.69, 9.17) is 4.74 Å². The Balaban J connectivity index is 2.10. The quantitative estimate of drug-likeness (QED) is 0.342. The predicted molar refractivity (Wildman–Crippen MR) is 112 cm³/mol. The number of carbonyl (C=O) groups is 2. The van der Waals surface area contributed by atoms with Crippen LogP contribution >= 0.6 is 11.8 Å². The standard InChI is InChI=1S/C21H30N2O4S/c1-5-27-17(24)13-7-6-10-14-28-20-22-15-11-8-9-12-16(15)23(20)18(19(25)26)21(2,3)4/h8-9,11-12,18H,5-7,10,13-14H2,1-4H3,(H,25,26). The van der Waals surface area contributed by atoms with E-state index in [1.165, 1.54) is 0 Å². The number of esters is 1. The fourth-order valence-electron chi connectivity index (χ4n) is 3.19. The Labute approximate surface area is 170 Å². The molecule has 1 atom stereocenters. The minimum atomic E-state index is -0.855. The lowest BCUT2D eigenvalue weighted by Gasteiger charge is -2.29. The molecule has 154 valence electrons. The number of nitrogens with zero attached hydrogens (tertiary/aromatic N) is 2. The van der Waals surface area contributed by atoms with Crippen molar-refractivity contribution in [3.05, 3.63) is 24.3 Å². The van der Waals surface area contributed by atoms with E-state index in [1.807, 2.05) is 56.5 Å². The highest BCUT2D eigenvalue weighted by molar-refractivity contribution is 7.99. The number of fused-ring (bicyclic) bond motifs is 1. The number of carbonyl (C=O) groups excluding carboxylic acids is 1. The second kappa shape index (κ2) is 9.96. The highest BCUT2D eigenvalue weighted by Gasteiger charge is 2.35. The first kappa shape index (κ1) is 22.3. The number of rotatable bonds is 10. The summed E-state index contributed by atoms with van der Waals surface area (Å²) in [6.07, 6.45) is 3.10. The van der Waals surface area contributed by atoms with E-state index in [0.717, 1.165) is 41.2 Å². The lowest BCUT2D eigenvalue weighted by Crippen LogP contribution is -2.32. The molecule has 1 heterocycles. The van der Waals surface area contributed by atoms with Gasteiger partial charge in [0, 0.05) is 12.2 Å². The number of unbranched alkanes of at least 4 members (excludes halogenated alkanes) is 2. The van der Waals surface area contributed by atoms with Crippen molar-refractivity contribution in [3.63, 3.8) is 0 Å². The number of hydrogen-bond donors (Lipinski definition) is 1. The molecular formula is C21H30N2O4S. The zero-order valence-corrected chi connectivity index (χ0v) is 17.9. The molecule has 0 amide bonds. The maximum Gasteiger partial charge on any atom is 0.327 e. The van der Waals surface area contributed by atoms with Crippen LogP contribution in [-0.4, -0.2) is 39.0 Å². The molecule has 28 heavy (non-hydrogen) atoms. The molecule has 2 rings (SSSR count). The largest absolute Gasteiger partial charge is 0.480 e. The topological polar surface area (TPSA) is 81.4 Å². The SMILES string of the molecule is CCOC(=O)CCCCCSc1nc2ccccc2n1C(C(=O)O)C(C)(C)C. The van der Waals surface area contributed by atoms with Crippen molar-refractivity contribution in [2.24, 2.45) is 5.41 Å². The Bertz CT molecular complexity index is 810. The molecule has 2 aromatic rings. The third kappa shape index (κ3) is 5.74. The fraction of sp³-hybridized carbons (Fsp3) is 0.571. The minimum absolute atomic E-state index is 0.147. The number of carboxylic acids is 1. The molecule has 1 aromatic heterocycles.